The summed E-state index contributed by atoms with van der Waals surface area (Å²) in [5.41, 5.74) is 1.49. The number of Topliss-reactive ketones (excluding diaryl/α,β-unsaturated/α-hetero) is 2. The van der Waals surface area contributed by atoms with Crippen molar-refractivity contribution in [1.29, 1.82) is 0 Å². The molecule has 8 heteroatoms. The highest BCUT2D eigenvalue weighted by molar-refractivity contribution is 7.14. The van der Waals surface area contributed by atoms with Gasteiger partial charge in [0.25, 0.3) is 0 Å². The van der Waals surface area contributed by atoms with Gasteiger partial charge in [0, 0.05) is 30.6 Å². The largest absolute Gasteiger partial charge is 0.495 e. The Bertz CT molecular complexity index is 935. The van der Waals surface area contributed by atoms with Gasteiger partial charge in [-0.3, -0.25) is 19.2 Å². The lowest BCUT2D eigenvalue weighted by Gasteiger charge is -2.11. The average Bonchev–Trinajstić information content (AvgIpc) is 3.15. The first-order chi connectivity index (χ1) is 14.3. The highest BCUT2D eigenvalue weighted by Gasteiger charge is 2.13. The van der Waals surface area contributed by atoms with Gasteiger partial charge in [-0.2, -0.15) is 0 Å². The maximum absolute atomic E-state index is 12.1. The molecule has 0 aliphatic heterocycles. The molecule has 0 aliphatic carbocycles. The summed E-state index contributed by atoms with van der Waals surface area (Å²) in [5, 5.41) is 5.18. The summed E-state index contributed by atoms with van der Waals surface area (Å²) < 4.78 is 5.20. The van der Waals surface area contributed by atoms with Gasteiger partial charge in [0.05, 0.1) is 24.2 Å². The van der Waals surface area contributed by atoms with Crippen molar-refractivity contribution in [2.45, 2.75) is 39.5 Å². The quantitative estimate of drug-likeness (QED) is 0.532. The van der Waals surface area contributed by atoms with Crippen LogP contribution in [0.3, 0.4) is 0 Å². The van der Waals surface area contributed by atoms with Gasteiger partial charge in [-0.05, 0) is 43.7 Å². The zero-order chi connectivity index (χ0) is 22.1. The molecule has 0 fully saturated rings. The van der Waals surface area contributed by atoms with Crippen LogP contribution in [-0.2, 0) is 14.4 Å². The van der Waals surface area contributed by atoms with Crippen LogP contribution >= 0.6 is 11.3 Å². The topological polar surface area (TPSA) is 102 Å². The van der Waals surface area contributed by atoms with Crippen LogP contribution in [0.25, 0.3) is 0 Å². The Labute approximate surface area is 179 Å². The molecule has 0 unspecified atom stereocenters. The van der Waals surface area contributed by atoms with Crippen molar-refractivity contribution in [2.24, 2.45) is 0 Å². The number of methoxy groups -OCH3 is 1. The van der Waals surface area contributed by atoms with E-state index in [0.29, 0.717) is 16.3 Å². The molecule has 1 aromatic heterocycles. The number of benzene rings is 1. The molecule has 2 rings (SSSR count). The Morgan fingerprint density at radius 1 is 0.933 bits per heavy atom. The second-order valence-electron chi connectivity index (χ2n) is 6.90. The van der Waals surface area contributed by atoms with Crippen LogP contribution in [0.5, 0.6) is 5.75 Å². The lowest BCUT2D eigenvalue weighted by molar-refractivity contribution is -0.126. The SMILES string of the molecule is COc1ccc(C)cc1NC(=O)CNC(=O)CCC(=O)CCC(=O)c1ccc(C)s1. The highest BCUT2D eigenvalue weighted by Crippen LogP contribution is 2.25. The molecule has 0 saturated heterocycles. The summed E-state index contributed by atoms with van der Waals surface area (Å²) >= 11 is 1.41. The first kappa shape index (κ1) is 23.3. The number of amides is 2. The summed E-state index contributed by atoms with van der Waals surface area (Å²) in [4.78, 5) is 49.6. The molecule has 2 N–H and O–H groups in total. The standard InChI is InChI=1S/C22H26N2O5S/c1-14-4-9-19(29-3)17(12-14)24-22(28)13-23-21(27)11-7-16(25)6-8-18(26)20-10-5-15(2)30-20/h4-5,9-10,12H,6-8,11,13H2,1-3H3,(H,23,27)(H,24,28). The second-order valence-corrected chi connectivity index (χ2v) is 8.19. The van der Waals surface area contributed by atoms with Crippen LogP contribution in [0, 0.1) is 13.8 Å². The summed E-state index contributed by atoms with van der Waals surface area (Å²) in [6.07, 6.45) is 0.264. The third kappa shape index (κ3) is 7.44. The number of hydrogen-bond acceptors (Lipinski definition) is 6. The van der Waals surface area contributed by atoms with Gasteiger partial charge in [-0.1, -0.05) is 6.07 Å². The fourth-order valence-corrected chi connectivity index (χ4v) is 3.55. The number of ketones is 2. The smallest absolute Gasteiger partial charge is 0.243 e. The van der Waals surface area contributed by atoms with E-state index in [1.807, 2.05) is 26.0 Å². The zero-order valence-corrected chi connectivity index (χ0v) is 18.2. The van der Waals surface area contributed by atoms with Crippen molar-refractivity contribution in [3.8, 4) is 5.75 Å². The summed E-state index contributed by atoms with van der Waals surface area (Å²) in [6, 6.07) is 9.02. The molecule has 1 aromatic carbocycles. The van der Waals surface area contributed by atoms with Crippen molar-refractivity contribution in [3.63, 3.8) is 0 Å². The van der Waals surface area contributed by atoms with E-state index in [9.17, 15) is 19.2 Å². The van der Waals surface area contributed by atoms with Crippen LogP contribution < -0.4 is 15.4 Å². The highest BCUT2D eigenvalue weighted by atomic mass is 32.1. The van der Waals surface area contributed by atoms with E-state index in [2.05, 4.69) is 10.6 Å². The minimum absolute atomic E-state index is 0.0216. The first-order valence-corrected chi connectivity index (χ1v) is 10.4. The molecule has 0 aliphatic rings. The minimum Gasteiger partial charge on any atom is -0.495 e. The van der Waals surface area contributed by atoms with Crippen molar-refractivity contribution in [2.75, 3.05) is 19.0 Å². The molecule has 0 saturated carbocycles. The number of anilines is 1. The summed E-state index contributed by atoms with van der Waals surface area (Å²) in [7, 11) is 1.51. The molecule has 0 spiro atoms. The van der Waals surface area contributed by atoms with Crippen LogP contribution in [-0.4, -0.2) is 37.0 Å². The van der Waals surface area contributed by atoms with Crippen molar-refractivity contribution < 1.29 is 23.9 Å². The molecule has 0 radical (unpaired) electrons. The molecule has 160 valence electrons. The predicted molar refractivity (Wildman–Crippen MR) is 116 cm³/mol. The fourth-order valence-electron chi connectivity index (χ4n) is 2.72. The van der Waals surface area contributed by atoms with E-state index in [1.54, 1.807) is 18.2 Å². The normalized spacial score (nSPS) is 10.4. The van der Waals surface area contributed by atoms with Crippen molar-refractivity contribution in [3.05, 3.63) is 45.6 Å². The van der Waals surface area contributed by atoms with E-state index < -0.39 is 11.8 Å². The maximum atomic E-state index is 12.1. The zero-order valence-electron chi connectivity index (χ0n) is 17.4. The van der Waals surface area contributed by atoms with Crippen molar-refractivity contribution in [1.82, 2.24) is 5.32 Å². The molecule has 0 bridgehead atoms. The Hall–Kier alpha value is -3.00. The number of carbonyl (C=O) groups is 4. The number of ether oxygens (including phenoxy) is 1. The number of hydrogen-bond donors (Lipinski definition) is 2. The summed E-state index contributed by atoms with van der Waals surface area (Å²) in [6.45, 7) is 3.60. The van der Waals surface area contributed by atoms with Crippen LogP contribution in [0.4, 0.5) is 5.69 Å². The first-order valence-electron chi connectivity index (χ1n) is 9.61. The van der Waals surface area contributed by atoms with E-state index in [0.717, 1.165) is 10.4 Å². The van der Waals surface area contributed by atoms with E-state index in [4.69, 9.17) is 4.74 Å². The maximum Gasteiger partial charge on any atom is 0.243 e. The molecular weight excluding hydrogens is 404 g/mol. The Balaban J connectivity index is 1.68. The van der Waals surface area contributed by atoms with Gasteiger partial charge in [0.1, 0.15) is 11.5 Å². The molecular formula is C22H26N2O5S. The minimum atomic E-state index is -0.394. The number of carbonyl (C=O) groups excluding carboxylic acids is 4. The number of thiophene rings is 1. The average molecular weight is 431 g/mol. The van der Waals surface area contributed by atoms with Crippen LogP contribution in [0.2, 0.25) is 0 Å². The summed E-state index contributed by atoms with van der Waals surface area (Å²) in [5.74, 6) is -0.474. The Morgan fingerprint density at radius 2 is 1.67 bits per heavy atom. The van der Waals surface area contributed by atoms with Crippen LogP contribution in [0.1, 0.15) is 45.8 Å². The Kier molecular flexibility index (Phi) is 8.73. The predicted octanol–water partition coefficient (Wildman–Crippen LogP) is 3.44. The molecule has 2 aromatic rings. The van der Waals surface area contributed by atoms with E-state index >= 15 is 0 Å². The number of rotatable bonds is 11. The monoisotopic (exact) mass is 430 g/mol. The van der Waals surface area contributed by atoms with Gasteiger partial charge < -0.3 is 15.4 Å². The van der Waals surface area contributed by atoms with Gasteiger partial charge in [-0.25, -0.2) is 0 Å². The van der Waals surface area contributed by atoms with E-state index in [1.165, 1.54) is 18.4 Å². The Morgan fingerprint density at radius 3 is 2.33 bits per heavy atom. The third-order valence-corrected chi connectivity index (χ3v) is 5.39. The molecule has 2 amide bonds. The van der Waals surface area contributed by atoms with Crippen molar-refractivity contribution >= 4 is 40.4 Å². The van der Waals surface area contributed by atoms with Gasteiger partial charge in [-0.15, -0.1) is 11.3 Å². The van der Waals surface area contributed by atoms with E-state index in [-0.39, 0.29) is 43.8 Å². The molecule has 0 atom stereocenters. The fraction of sp³-hybridized carbons (Fsp3) is 0.364. The number of nitrogens with one attached hydrogen (secondary N) is 2. The van der Waals surface area contributed by atoms with Gasteiger partial charge >= 0.3 is 0 Å². The second kappa shape index (κ2) is 11.3. The third-order valence-electron chi connectivity index (χ3n) is 4.35. The van der Waals surface area contributed by atoms with Crippen LogP contribution in [0.15, 0.2) is 30.3 Å². The lowest BCUT2D eigenvalue weighted by Crippen LogP contribution is -2.33. The van der Waals surface area contributed by atoms with Gasteiger partial charge in [0.15, 0.2) is 5.78 Å². The lowest BCUT2D eigenvalue weighted by atomic mass is 10.1. The molecule has 30 heavy (non-hydrogen) atoms. The number of aryl methyl sites for hydroxylation is 2. The van der Waals surface area contributed by atoms with Gasteiger partial charge in [0.2, 0.25) is 11.8 Å². The molecule has 1 heterocycles. The molecule has 7 nitrogen and oxygen atoms in total.